The van der Waals surface area contributed by atoms with E-state index < -0.39 is 5.97 Å². The molecular formula is C16H22BrN3O3. The van der Waals surface area contributed by atoms with Gasteiger partial charge in [-0.05, 0) is 25.1 Å². The van der Waals surface area contributed by atoms with Crippen LogP contribution in [0.5, 0.6) is 0 Å². The van der Waals surface area contributed by atoms with Crippen LogP contribution in [0.2, 0.25) is 0 Å². The highest BCUT2D eigenvalue weighted by molar-refractivity contribution is 9.10. The molecule has 0 radical (unpaired) electrons. The number of carbonyl (C=O) groups is 1. The molecular weight excluding hydrogens is 362 g/mol. The van der Waals surface area contributed by atoms with Crippen LogP contribution in [0.4, 0.5) is 5.69 Å². The molecule has 7 heteroatoms. The SMILES string of the molecule is COC(=O)c1cc(Br)c(C=N)c(NCCCN2CCOCC2)c1. The minimum atomic E-state index is -0.390. The summed E-state index contributed by atoms with van der Waals surface area (Å²) >= 11 is 3.41. The number of rotatable bonds is 7. The molecule has 1 aromatic rings. The molecule has 0 aromatic heterocycles. The van der Waals surface area contributed by atoms with Crippen molar-refractivity contribution in [1.82, 2.24) is 4.90 Å². The smallest absolute Gasteiger partial charge is 0.337 e. The predicted molar refractivity (Wildman–Crippen MR) is 93.7 cm³/mol. The largest absolute Gasteiger partial charge is 0.465 e. The van der Waals surface area contributed by atoms with Gasteiger partial charge in [0.2, 0.25) is 0 Å². The summed E-state index contributed by atoms with van der Waals surface area (Å²) in [5.74, 6) is -0.390. The number of nitrogens with zero attached hydrogens (tertiary/aromatic N) is 1. The third kappa shape index (κ3) is 5.02. The van der Waals surface area contributed by atoms with Crippen molar-refractivity contribution in [3.63, 3.8) is 0 Å². The van der Waals surface area contributed by atoms with Gasteiger partial charge in [0, 0.05) is 41.6 Å². The third-order valence-corrected chi connectivity index (χ3v) is 4.42. The maximum absolute atomic E-state index is 11.7. The second-order valence-corrected chi connectivity index (χ2v) is 6.14. The van der Waals surface area contributed by atoms with E-state index in [4.69, 9.17) is 14.9 Å². The lowest BCUT2D eigenvalue weighted by atomic mass is 10.1. The van der Waals surface area contributed by atoms with E-state index in [9.17, 15) is 4.79 Å². The highest BCUT2D eigenvalue weighted by atomic mass is 79.9. The number of esters is 1. The van der Waals surface area contributed by atoms with E-state index in [1.54, 1.807) is 12.1 Å². The lowest BCUT2D eigenvalue weighted by Crippen LogP contribution is -2.37. The zero-order valence-electron chi connectivity index (χ0n) is 13.2. The third-order valence-electron chi connectivity index (χ3n) is 3.77. The van der Waals surface area contributed by atoms with Gasteiger partial charge in [-0.15, -0.1) is 0 Å². The Morgan fingerprint density at radius 2 is 2.22 bits per heavy atom. The Morgan fingerprint density at radius 1 is 1.48 bits per heavy atom. The first-order valence-corrected chi connectivity index (χ1v) is 8.41. The number of nitrogens with one attached hydrogen (secondary N) is 2. The van der Waals surface area contributed by atoms with E-state index in [0.717, 1.165) is 57.1 Å². The minimum Gasteiger partial charge on any atom is -0.465 e. The molecule has 0 unspecified atom stereocenters. The maximum Gasteiger partial charge on any atom is 0.337 e. The monoisotopic (exact) mass is 383 g/mol. The van der Waals surface area contributed by atoms with Gasteiger partial charge in [-0.25, -0.2) is 4.79 Å². The predicted octanol–water partition coefficient (Wildman–Crippen LogP) is 2.37. The standard InChI is InChI=1S/C16H22BrN3O3/c1-22-16(21)12-9-14(17)13(11-18)15(10-12)19-3-2-4-20-5-7-23-8-6-20/h9-11,18-19H,2-8H2,1H3. The molecule has 0 amide bonds. The number of hydrogen-bond donors (Lipinski definition) is 2. The Labute approximate surface area is 144 Å². The minimum absolute atomic E-state index is 0.390. The lowest BCUT2D eigenvalue weighted by Gasteiger charge is -2.26. The quantitative estimate of drug-likeness (QED) is 0.429. The Hall–Kier alpha value is -1.44. The van der Waals surface area contributed by atoms with Crippen LogP contribution in [0.1, 0.15) is 22.3 Å². The van der Waals surface area contributed by atoms with Crippen molar-refractivity contribution >= 4 is 33.8 Å². The van der Waals surface area contributed by atoms with Crippen LogP contribution in [0.15, 0.2) is 16.6 Å². The average molecular weight is 384 g/mol. The van der Waals surface area contributed by atoms with E-state index in [0.29, 0.717) is 10.0 Å². The molecule has 23 heavy (non-hydrogen) atoms. The molecule has 126 valence electrons. The van der Waals surface area contributed by atoms with Crippen molar-refractivity contribution in [1.29, 1.82) is 5.41 Å². The normalized spacial score (nSPS) is 15.2. The zero-order valence-corrected chi connectivity index (χ0v) is 14.8. The summed E-state index contributed by atoms with van der Waals surface area (Å²) in [4.78, 5) is 14.1. The summed E-state index contributed by atoms with van der Waals surface area (Å²) in [6.45, 7) is 5.35. The topological polar surface area (TPSA) is 74.7 Å². The fourth-order valence-electron chi connectivity index (χ4n) is 2.50. The second kappa shape index (κ2) is 9.00. The number of benzene rings is 1. The van der Waals surface area contributed by atoms with E-state index >= 15 is 0 Å². The van der Waals surface area contributed by atoms with E-state index in [-0.39, 0.29) is 0 Å². The lowest BCUT2D eigenvalue weighted by molar-refractivity contribution is 0.0378. The van der Waals surface area contributed by atoms with Gasteiger partial charge in [0.1, 0.15) is 0 Å². The van der Waals surface area contributed by atoms with Crippen LogP contribution >= 0.6 is 15.9 Å². The molecule has 0 aliphatic carbocycles. The summed E-state index contributed by atoms with van der Waals surface area (Å²) in [6.07, 6.45) is 2.26. The number of ether oxygens (including phenoxy) is 2. The Bertz CT molecular complexity index is 560. The van der Waals surface area contributed by atoms with Gasteiger partial charge in [0.05, 0.1) is 25.9 Å². The van der Waals surface area contributed by atoms with Crippen LogP contribution in [0.25, 0.3) is 0 Å². The van der Waals surface area contributed by atoms with E-state index in [1.807, 2.05) is 0 Å². The molecule has 1 heterocycles. The molecule has 1 fully saturated rings. The fourth-order valence-corrected chi connectivity index (χ4v) is 3.07. The Morgan fingerprint density at radius 3 is 2.87 bits per heavy atom. The van der Waals surface area contributed by atoms with Gasteiger partial charge < -0.3 is 20.2 Å². The van der Waals surface area contributed by atoms with Crippen molar-refractivity contribution in [2.24, 2.45) is 0 Å². The molecule has 2 N–H and O–H groups in total. The van der Waals surface area contributed by atoms with Gasteiger partial charge in [-0.3, -0.25) is 4.90 Å². The molecule has 0 atom stereocenters. The first kappa shape index (κ1) is 17.9. The van der Waals surface area contributed by atoms with Crippen LogP contribution in [0, 0.1) is 5.41 Å². The van der Waals surface area contributed by atoms with Crippen molar-refractivity contribution in [2.45, 2.75) is 6.42 Å². The van der Waals surface area contributed by atoms with Gasteiger partial charge >= 0.3 is 5.97 Å². The molecule has 0 saturated carbocycles. The van der Waals surface area contributed by atoms with Crippen LogP contribution in [0.3, 0.4) is 0 Å². The van der Waals surface area contributed by atoms with Crippen LogP contribution < -0.4 is 5.32 Å². The summed E-state index contributed by atoms with van der Waals surface area (Å²) in [5.41, 5.74) is 1.95. The molecule has 1 aliphatic heterocycles. The Kier molecular flexibility index (Phi) is 7.01. The summed E-state index contributed by atoms with van der Waals surface area (Å²) in [5, 5.41) is 10.9. The first-order valence-electron chi connectivity index (χ1n) is 7.62. The van der Waals surface area contributed by atoms with Crippen LogP contribution in [-0.4, -0.2) is 63.6 Å². The van der Waals surface area contributed by atoms with Gasteiger partial charge in [0.25, 0.3) is 0 Å². The molecule has 2 rings (SSSR count). The Balaban J connectivity index is 1.95. The fraction of sp³-hybridized carbons (Fsp3) is 0.500. The van der Waals surface area contributed by atoms with Crippen molar-refractivity contribution < 1.29 is 14.3 Å². The van der Waals surface area contributed by atoms with E-state index in [2.05, 4.69) is 26.1 Å². The molecule has 0 bridgehead atoms. The van der Waals surface area contributed by atoms with Gasteiger partial charge in [-0.1, -0.05) is 15.9 Å². The van der Waals surface area contributed by atoms with Crippen molar-refractivity contribution in [3.8, 4) is 0 Å². The van der Waals surface area contributed by atoms with Gasteiger partial charge in [-0.2, -0.15) is 0 Å². The highest BCUT2D eigenvalue weighted by Gasteiger charge is 2.13. The first-order chi connectivity index (χ1) is 11.2. The average Bonchev–Trinajstić information content (AvgIpc) is 2.58. The number of morpholine rings is 1. The molecule has 6 nitrogen and oxygen atoms in total. The molecule has 1 aliphatic rings. The highest BCUT2D eigenvalue weighted by Crippen LogP contribution is 2.26. The summed E-state index contributed by atoms with van der Waals surface area (Å²) < 4.78 is 10.8. The second-order valence-electron chi connectivity index (χ2n) is 5.29. The molecule has 1 saturated heterocycles. The number of hydrogen-bond acceptors (Lipinski definition) is 6. The number of anilines is 1. The van der Waals surface area contributed by atoms with Crippen molar-refractivity contribution in [3.05, 3.63) is 27.7 Å². The summed E-state index contributed by atoms with van der Waals surface area (Å²) in [7, 11) is 1.36. The van der Waals surface area contributed by atoms with Crippen molar-refractivity contribution in [2.75, 3.05) is 51.8 Å². The van der Waals surface area contributed by atoms with E-state index in [1.165, 1.54) is 13.3 Å². The number of halogens is 1. The number of methoxy groups -OCH3 is 1. The molecule has 0 spiro atoms. The van der Waals surface area contributed by atoms with Gasteiger partial charge in [0.15, 0.2) is 0 Å². The summed E-state index contributed by atoms with van der Waals surface area (Å²) in [6, 6.07) is 3.40. The zero-order chi connectivity index (χ0) is 16.7. The maximum atomic E-state index is 11.7. The molecule has 1 aromatic carbocycles. The number of carbonyl (C=O) groups excluding carboxylic acids is 1. The van der Waals surface area contributed by atoms with Crippen LogP contribution in [-0.2, 0) is 9.47 Å².